The molecule has 0 bridgehead atoms. The number of nitrogens with zero attached hydrogens (tertiary/aromatic N) is 3. The van der Waals surface area contributed by atoms with Crippen LogP contribution in [0.3, 0.4) is 0 Å². The van der Waals surface area contributed by atoms with Gasteiger partial charge in [-0.1, -0.05) is 0 Å². The van der Waals surface area contributed by atoms with E-state index in [0.29, 0.717) is 5.92 Å². The molecule has 1 atom stereocenters. The quantitative estimate of drug-likeness (QED) is 0.782. The van der Waals surface area contributed by atoms with Gasteiger partial charge in [-0.05, 0) is 44.7 Å². The fourth-order valence-corrected chi connectivity index (χ4v) is 3.34. The van der Waals surface area contributed by atoms with Gasteiger partial charge in [0, 0.05) is 25.4 Å². The molecule has 1 saturated heterocycles. The lowest BCUT2D eigenvalue weighted by atomic mass is 9.95. The van der Waals surface area contributed by atoms with Crippen molar-refractivity contribution >= 4 is 11.8 Å². The Morgan fingerprint density at radius 2 is 2.04 bits per heavy atom. The van der Waals surface area contributed by atoms with Crippen LogP contribution in [-0.4, -0.2) is 45.9 Å². The molecule has 1 saturated carbocycles. The van der Waals surface area contributed by atoms with Crippen LogP contribution in [0.1, 0.15) is 37.5 Å². The molecular formula is C16H25N5O2. The summed E-state index contributed by atoms with van der Waals surface area (Å²) in [6.45, 7) is 1.78. The Bertz CT molecular complexity index is 573. The summed E-state index contributed by atoms with van der Waals surface area (Å²) in [5.41, 5.74) is 5.22. The van der Waals surface area contributed by atoms with Gasteiger partial charge in [0.2, 0.25) is 11.8 Å². The van der Waals surface area contributed by atoms with Gasteiger partial charge < -0.3 is 15.6 Å². The maximum atomic E-state index is 12.6. The van der Waals surface area contributed by atoms with Crippen LogP contribution in [0.15, 0.2) is 12.4 Å². The third-order valence-electron chi connectivity index (χ3n) is 4.87. The van der Waals surface area contributed by atoms with Gasteiger partial charge in [-0.3, -0.25) is 14.5 Å². The molecule has 0 radical (unpaired) electrons. The number of amides is 2. The molecule has 2 heterocycles. The second-order valence-electron chi connectivity index (χ2n) is 6.74. The van der Waals surface area contributed by atoms with Gasteiger partial charge in [0.1, 0.15) is 5.82 Å². The lowest BCUT2D eigenvalue weighted by Crippen LogP contribution is -2.44. The minimum Gasteiger partial charge on any atom is -0.369 e. The van der Waals surface area contributed by atoms with Crippen molar-refractivity contribution < 1.29 is 9.59 Å². The number of hydrogen-bond donors (Lipinski definition) is 2. The van der Waals surface area contributed by atoms with Crippen LogP contribution in [0.2, 0.25) is 0 Å². The number of nitrogens with two attached hydrogens (primary N) is 1. The van der Waals surface area contributed by atoms with Crippen molar-refractivity contribution in [2.45, 2.75) is 31.7 Å². The number of primary amides is 1. The molecule has 1 aliphatic heterocycles. The zero-order valence-corrected chi connectivity index (χ0v) is 13.6. The lowest BCUT2D eigenvalue weighted by Gasteiger charge is -2.31. The molecule has 2 aliphatic rings. The number of nitrogens with one attached hydrogen (secondary N) is 1. The molecule has 2 fully saturated rings. The molecular weight excluding hydrogens is 294 g/mol. The molecule has 0 aromatic carbocycles. The highest BCUT2D eigenvalue weighted by molar-refractivity contribution is 5.79. The van der Waals surface area contributed by atoms with Gasteiger partial charge in [0.25, 0.3) is 0 Å². The maximum absolute atomic E-state index is 12.6. The standard InChI is InChI=1S/C16H25N5O2/c1-20-9-6-18-15(20)14(11-2-3-11)19-16(23)12-4-7-21(8-5-12)10-13(17)22/h6,9,11-12,14H,2-5,7-8,10H2,1H3,(H2,17,22)(H,19,23). The summed E-state index contributed by atoms with van der Waals surface area (Å²) in [6.07, 6.45) is 7.54. The van der Waals surface area contributed by atoms with Gasteiger partial charge in [-0.15, -0.1) is 0 Å². The van der Waals surface area contributed by atoms with Crippen molar-refractivity contribution in [2.75, 3.05) is 19.6 Å². The number of carbonyl (C=O) groups is 2. The summed E-state index contributed by atoms with van der Waals surface area (Å²) in [6, 6.07) is 0.0196. The van der Waals surface area contributed by atoms with Crippen molar-refractivity contribution in [1.82, 2.24) is 19.8 Å². The second-order valence-corrected chi connectivity index (χ2v) is 6.74. The molecule has 7 heteroatoms. The molecule has 3 rings (SSSR count). The topological polar surface area (TPSA) is 93.2 Å². The zero-order valence-electron chi connectivity index (χ0n) is 13.6. The number of piperidine rings is 1. The average molecular weight is 319 g/mol. The highest BCUT2D eigenvalue weighted by Gasteiger charge is 2.37. The Balaban J connectivity index is 1.56. The number of likely N-dealkylation sites (tertiary alicyclic amines) is 1. The Hall–Kier alpha value is -1.89. The van der Waals surface area contributed by atoms with Crippen LogP contribution in [0.25, 0.3) is 0 Å². The zero-order chi connectivity index (χ0) is 16.4. The van der Waals surface area contributed by atoms with Gasteiger partial charge in [-0.2, -0.15) is 0 Å². The van der Waals surface area contributed by atoms with Crippen LogP contribution in [0.5, 0.6) is 0 Å². The van der Waals surface area contributed by atoms with E-state index in [4.69, 9.17) is 5.73 Å². The van der Waals surface area contributed by atoms with E-state index in [9.17, 15) is 9.59 Å². The summed E-state index contributed by atoms with van der Waals surface area (Å²) in [4.78, 5) is 30.0. The molecule has 1 aromatic heterocycles. The number of rotatable bonds is 6. The van der Waals surface area contributed by atoms with Crippen LogP contribution in [-0.2, 0) is 16.6 Å². The molecule has 7 nitrogen and oxygen atoms in total. The first kappa shape index (κ1) is 16.0. The van der Waals surface area contributed by atoms with Crippen LogP contribution in [0.4, 0.5) is 0 Å². The van der Waals surface area contributed by atoms with Crippen molar-refractivity contribution in [3.63, 3.8) is 0 Å². The summed E-state index contributed by atoms with van der Waals surface area (Å²) in [7, 11) is 1.96. The van der Waals surface area contributed by atoms with Crippen molar-refractivity contribution in [3.05, 3.63) is 18.2 Å². The van der Waals surface area contributed by atoms with Crippen molar-refractivity contribution in [1.29, 1.82) is 0 Å². The second kappa shape index (κ2) is 6.70. The van der Waals surface area contributed by atoms with E-state index in [1.807, 2.05) is 22.7 Å². The van der Waals surface area contributed by atoms with E-state index in [1.54, 1.807) is 6.20 Å². The van der Waals surface area contributed by atoms with E-state index < -0.39 is 0 Å². The molecule has 0 spiro atoms. The minimum absolute atomic E-state index is 0.0145. The Labute approximate surface area is 136 Å². The summed E-state index contributed by atoms with van der Waals surface area (Å²) in [5, 5.41) is 3.22. The van der Waals surface area contributed by atoms with Gasteiger partial charge in [-0.25, -0.2) is 4.98 Å². The maximum Gasteiger partial charge on any atom is 0.231 e. The molecule has 126 valence electrons. The lowest BCUT2D eigenvalue weighted by molar-refractivity contribution is -0.127. The predicted octanol–water partition coefficient (Wildman–Crippen LogP) is 0.185. The molecule has 3 N–H and O–H groups in total. The first-order valence-corrected chi connectivity index (χ1v) is 8.33. The summed E-state index contributed by atoms with van der Waals surface area (Å²) >= 11 is 0. The van der Waals surface area contributed by atoms with E-state index >= 15 is 0 Å². The Kier molecular flexibility index (Phi) is 4.66. The highest BCUT2D eigenvalue weighted by atomic mass is 16.2. The third kappa shape index (κ3) is 3.90. The first-order chi connectivity index (χ1) is 11.0. The highest BCUT2D eigenvalue weighted by Crippen LogP contribution is 2.40. The van der Waals surface area contributed by atoms with E-state index in [0.717, 1.165) is 44.6 Å². The molecule has 1 aliphatic carbocycles. The minimum atomic E-state index is -0.309. The number of imidazole rings is 1. The van der Waals surface area contributed by atoms with Gasteiger partial charge in [0.15, 0.2) is 0 Å². The van der Waals surface area contributed by atoms with E-state index in [2.05, 4.69) is 10.3 Å². The van der Waals surface area contributed by atoms with E-state index in [-0.39, 0.29) is 30.3 Å². The largest absolute Gasteiger partial charge is 0.369 e. The Morgan fingerprint density at radius 1 is 1.35 bits per heavy atom. The van der Waals surface area contributed by atoms with Crippen LogP contribution < -0.4 is 11.1 Å². The van der Waals surface area contributed by atoms with Gasteiger partial charge in [0.05, 0.1) is 12.6 Å². The fraction of sp³-hybridized carbons (Fsp3) is 0.688. The number of carbonyl (C=O) groups excluding carboxylic acids is 2. The normalized spacial score (nSPS) is 21.1. The van der Waals surface area contributed by atoms with E-state index in [1.165, 1.54) is 0 Å². The van der Waals surface area contributed by atoms with Crippen molar-refractivity contribution in [3.8, 4) is 0 Å². The summed E-state index contributed by atoms with van der Waals surface area (Å²) in [5.74, 6) is 1.27. The third-order valence-corrected chi connectivity index (χ3v) is 4.87. The number of aryl methyl sites for hydroxylation is 1. The fourth-order valence-electron chi connectivity index (χ4n) is 3.34. The van der Waals surface area contributed by atoms with Crippen LogP contribution >= 0.6 is 0 Å². The molecule has 1 aromatic rings. The average Bonchev–Trinajstić information content (AvgIpc) is 3.27. The number of aromatic nitrogens is 2. The molecule has 2 amide bonds. The monoisotopic (exact) mass is 319 g/mol. The smallest absolute Gasteiger partial charge is 0.231 e. The number of hydrogen-bond acceptors (Lipinski definition) is 4. The molecule has 1 unspecified atom stereocenters. The van der Waals surface area contributed by atoms with Crippen LogP contribution in [0, 0.1) is 11.8 Å². The van der Waals surface area contributed by atoms with Crippen molar-refractivity contribution in [2.24, 2.45) is 24.6 Å². The summed E-state index contributed by atoms with van der Waals surface area (Å²) < 4.78 is 1.98. The first-order valence-electron chi connectivity index (χ1n) is 8.33. The SMILES string of the molecule is Cn1ccnc1C(NC(=O)C1CCN(CC(N)=O)CC1)C1CC1. The predicted molar refractivity (Wildman–Crippen MR) is 85.2 cm³/mol. The Morgan fingerprint density at radius 3 is 2.57 bits per heavy atom. The molecule has 23 heavy (non-hydrogen) atoms. The van der Waals surface area contributed by atoms with Gasteiger partial charge >= 0.3 is 0 Å².